The molecular weight excluding hydrogens is 232 g/mol. The normalized spacial score (nSPS) is 16.8. The lowest BCUT2D eigenvalue weighted by atomic mass is 10.1. The van der Waals surface area contributed by atoms with Gasteiger partial charge >= 0.3 is 0 Å². The molecule has 1 saturated carbocycles. The van der Waals surface area contributed by atoms with E-state index in [1.54, 1.807) is 11.3 Å². The van der Waals surface area contributed by atoms with Crippen molar-refractivity contribution in [2.24, 2.45) is 5.73 Å². The molecule has 1 atom stereocenters. The molecule has 1 heterocycles. The Balaban J connectivity index is 1.99. The van der Waals surface area contributed by atoms with Crippen molar-refractivity contribution < 1.29 is 4.79 Å². The SMILES string of the molecule is CCC[C@H](N)C(=O)N(Cc1ccsc1)C1CC1. The van der Waals surface area contributed by atoms with E-state index in [1.807, 2.05) is 4.90 Å². The van der Waals surface area contributed by atoms with Crippen LogP contribution in [-0.2, 0) is 11.3 Å². The number of thiophene rings is 1. The van der Waals surface area contributed by atoms with Crippen molar-refractivity contribution in [3.8, 4) is 0 Å². The van der Waals surface area contributed by atoms with Gasteiger partial charge in [0.05, 0.1) is 6.04 Å². The van der Waals surface area contributed by atoms with E-state index in [2.05, 4.69) is 23.8 Å². The molecule has 0 bridgehead atoms. The zero-order valence-corrected chi connectivity index (χ0v) is 11.1. The molecule has 1 amide bonds. The van der Waals surface area contributed by atoms with Crippen molar-refractivity contribution in [2.75, 3.05) is 0 Å². The zero-order chi connectivity index (χ0) is 12.3. The van der Waals surface area contributed by atoms with Crippen LogP contribution >= 0.6 is 11.3 Å². The Morgan fingerprint density at radius 2 is 2.41 bits per heavy atom. The second-order valence-corrected chi connectivity index (χ2v) is 5.50. The highest BCUT2D eigenvalue weighted by molar-refractivity contribution is 7.07. The van der Waals surface area contributed by atoms with Gasteiger partial charge in [-0.15, -0.1) is 0 Å². The fraction of sp³-hybridized carbons (Fsp3) is 0.615. The van der Waals surface area contributed by atoms with E-state index in [0.29, 0.717) is 6.04 Å². The Hall–Kier alpha value is -0.870. The van der Waals surface area contributed by atoms with E-state index in [4.69, 9.17) is 5.73 Å². The first-order valence-corrected chi connectivity index (χ1v) is 7.23. The maximum Gasteiger partial charge on any atom is 0.240 e. The van der Waals surface area contributed by atoms with E-state index in [1.165, 1.54) is 5.56 Å². The van der Waals surface area contributed by atoms with Crippen molar-refractivity contribution in [1.29, 1.82) is 0 Å². The Labute approximate surface area is 107 Å². The minimum Gasteiger partial charge on any atom is -0.334 e. The van der Waals surface area contributed by atoms with Crippen molar-refractivity contribution >= 4 is 17.2 Å². The molecule has 0 aromatic carbocycles. The predicted octanol–water partition coefficient (Wildman–Crippen LogP) is 2.37. The lowest BCUT2D eigenvalue weighted by molar-refractivity contribution is -0.134. The van der Waals surface area contributed by atoms with Crippen LogP contribution in [0.2, 0.25) is 0 Å². The molecule has 1 fully saturated rings. The molecule has 2 N–H and O–H groups in total. The van der Waals surface area contributed by atoms with Crippen LogP contribution in [0, 0.1) is 0 Å². The molecule has 1 aromatic rings. The molecule has 2 rings (SSSR count). The molecule has 0 saturated heterocycles. The standard InChI is InChI=1S/C13H20N2OS/c1-2-3-12(14)13(16)15(11-4-5-11)8-10-6-7-17-9-10/h6-7,9,11-12H,2-5,8,14H2,1H3/t12-/m0/s1. The average Bonchev–Trinajstić information content (AvgIpc) is 3.03. The van der Waals surface area contributed by atoms with Crippen LogP contribution in [0.4, 0.5) is 0 Å². The summed E-state index contributed by atoms with van der Waals surface area (Å²) in [7, 11) is 0. The first kappa shape index (κ1) is 12.6. The summed E-state index contributed by atoms with van der Waals surface area (Å²) in [6.07, 6.45) is 4.01. The average molecular weight is 252 g/mol. The van der Waals surface area contributed by atoms with Crippen LogP contribution in [-0.4, -0.2) is 22.9 Å². The van der Waals surface area contributed by atoms with Crippen LogP contribution in [0.25, 0.3) is 0 Å². The summed E-state index contributed by atoms with van der Waals surface area (Å²) in [6.45, 7) is 2.79. The smallest absolute Gasteiger partial charge is 0.240 e. The number of carbonyl (C=O) groups excluding carboxylic acids is 1. The van der Waals surface area contributed by atoms with Crippen molar-refractivity contribution in [3.05, 3.63) is 22.4 Å². The van der Waals surface area contributed by atoms with Gasteiger partial charge in [-0.05, 0) is 41.7 Å². The molecule has 0 unspecified atom stereocenters. The zero-order valence-electron chi connectivity index (χ0n) is 10.3. The van der Waals surface area contributed by atoms with E-state index in [-0.39, 0.29) is 11.9 Å². The topological polar surface area (TPSA) is 46.3 Å². The molecule has 94 valence electrons. The Morgan fingerprint density at radius 1 is 1.65 bits per heavy atom. The highest BCUT2D eigenvalue weighted by atomic mass is 32.1. The van der Waals surface area contributed by atoms with Crippen LogP contribution in [0.1, 0.15) is 38.2 Å². The van der Waals surface area contributed by atoms with Gasteiger partial charge in [-0.1, -0.05) is 13.3 Å². The molecule has 0 radical (unpaired) electrons. The fourth-order valence-electron chi connectivity index (χ4n) is 2.00. The quantitative estimate of drug-likeness (QED) is 0.845. The Morgan fingerprint density at radius 3 is 2.94 bits per heavy atom. The highest BCUT2D eigenvalue weighted by Crippen LogP contribution is 2.29. The van der Waals surface area contributed by atoms with Gasteiger partial charge in [0.15, 0.2) is 0 Å². The molecule has 1 aliphatic rings. The molecule has 17 heavy (non-hydrogen) atoms. The summed E-state index contributed by atoms with van der Waals surface area (Å²) >= 11 is 1.67. The molecule has 0 spiro atoms. The van der Waals surface area contributed by atoms with Gasteiger partial charge in [0, 0.05) is 12.6 Å². The van der Waals surface area contributed by atoms with Crippen LogP contribution in [0.3, 0.4) is 0 Å². The number of hydrogen-bond acceptors (Lipinski definition) is 3. The number of hydrogen-bond donors (Lipinski definition) is 1. The largest absolute Gasteiger partial charge is 0.334 e. The van der Waals surface area contributed by atoms with Crippen molar-refractivity contribution in [2.45, 2.75) is 51.2 Å². The molecule has 1 aromatic heterocycles. The van der Waals surface area contributed by atoms with E-state index >= 15 is 0 Å². The number of nitrogens with two attached hydrogens (primary N) is 1. The first-order valence-electron chi connectivity index (χ1n) is 6.29. The second-order valence-electron chi connectivity index (χ2n) is 4.72. The summed E-state index contributed by atoms with van der Waals surface area (Å²) in [5.41, 5.74) is 7.16. The second kappa shape index (κ2) is 5.65. The Bertz CT molecular complexity index is 360. The number of rotatable bonds is 6. The summed E-state index contributed by atoms with van der Waals surface area (Å²) in [5, 5.41) is 4.16. The van der Waals surface area contributed by atoms with Gasteiger partial charge in [0.1, 0.15) is 0 Å². The van der Waals surface area contributed by atoms with Crippen LogP contribution in [0.15, 0.2) is 16.8 Å². The van der Waals surface area contributed by atoms with Gasteiger partial charge in [0.2, 0.25) is 5.91 Å². The molecule has 4 heteroatoms. The van der Waals surface area contributed by atoms with E-state index < -0.39 is 0 Å². The van der Waals surface area contributed by atoms with E-state index in [9.17, 15) is 4.79 Å². The van der Waals surface area contributed by atoms with E-state index in [0.717, 1.165) is 32.2 Å². The lowest BCUT2D eigenvalue weighted by Gasteiger charge is -2.25. The predicted molar refractivity (Wildman–Crippen MR) is 70.8 cm³/mol. The minimum atomic E-state index is -0.320. The Kier molecular flexibility index (Phi) is 4.18. The van der Waals surface area contributed by atoms with Gasteiger partial charge in [-0.2, -0.15) is 11.3 Å². The molecule has 0 aliphatic heterocycles. The van der Waals surface area contributed by atoms with Crippen LogP contribution < -0.4 is 5.73 Å². The number of amides is 1. The fourth-order valence-corrected chi connectivity index (χ4v) is 2.66. The lowest BCUT2D eigenvalue weighted by Crippen LogP contribution is -2.44. The minimum absolute atomic E-state index is 0.126. The summed E-state index contributed by atoms with van der Waals surface area (Å²) < 4.78 is 0. The van der Waals surface area contributed by atoms with Gasteiger partial charge < -0.3 is 10.6 Å². The molecular formula is C13H20N2OS. The third-order valence-electron chi connectivity index (χ3n) is 3.12. The maximum absolute atomic E-state index is 12.2. The van der Waals surface area contributed by atoms with Gasteiger partial charge in [0.25, 0.3) is 0 Å². The molecule has 3 nitrogen and oxygen atoms in total. The summed E-state index contributed by atoms with van der Waals surface area (Å²) in [4.78, 5) is 14.2. The summed E-state index contributed by atoms with van der Waals surface area (Å²) in [5.74, 6) is 0.126. The third kappa shape index (κ3) is 3.30. The highest BCUT2D eigenvalue weighted by Gasteiger charge is 2.34. The van der Waals surface area contributed by atoms with Gasteiger partial charge in [-0.25, -0.2) is 0 Å². The molecule has 1 aliphatic carbocycles. The van der Waals surface area contributed by atoms with Crippen molar-refractivity contribution in [1.82, 2.24) is 4.90 Å². The summed E-state index contributed by atoms with van der Waals surface area (Å²) in [6, 6.07) is 2.20. The number of carbonyl (C=O) groups is 1. The van der Waals surface area contributed by atoms with Crippen molar-refractivity contribution in [3.63, 3.8) is 0 Å². The third-order valence-corrected chi connectivity index (χ3v) is 3.85. The number of nitrogens with zero attached hydrogens (tertiary/aromatic N) is 1. The van der Waals surface area contributed by atoms with Crippen LogP contribution in [0.5, 0.6) is 0 Å². The first-order chi connectivity index (χ1) is 8.22. The monoisotopic (exact) mass is 252 g/mol. The van der Waals surface area contributed by atoms with Gasteiger partial charge in [-0.3, -0.25) is 4.79 Å². The maximum atomic E-state index is 12.2.